The van der Waals surface area contributed by atoms with Crippen LogP contribution in [-0.4, -0.2) is 36.6 Å². The minimum Gasteiger partial charge on any atom is -0.358 e. The van der Waals surface area contributed by atoms with Gasteiger partial charge in [-0.15, -0.1) is 10.2 Å². The summed E-state index contributed by atoms with van der Waals surface area (Å²) in [5, 5.41) is 17.2. The van der Waals surface area contributed by atoms with Crippen molar-refractivity contribution in [3.63, 3.8) is 0 Å². The van der Waals surface area contributed by atoms with Crippen LogP contribution in [0.5, 0.6) is 0 Å². The average Bonchev–Trinajstić information content (AvgIpc) is 3.30. The molecule has 0 spiro atoms. The molecule has 4 bridgehead atoms. The number of H-pyrrole nitrogens is 1. The van der Waals surface area contributed by atoms with Crippen molar-refractivity contribution >= 4 is 16.8 Å². The standard InChI is InChI=1S/C22H26N6O/c1-13-14(2)25-19-4-3-17(6-18(13)19)20(29)26-21-7-15-5-16(8-21)10-22(9-15,11-21)28-24-12-23-27-28/h3-4,6,12,15-16,25H,5,7-11H2,1-2H3,(H,26,29). The van der Waals surface area contributed by atoms with Crippen molar-refractivity contribution in [2.45, 2.75) is 63.5 Å². The molecule has 2 N–H and O–H groups in total. The molecule has 0 aliphatic heterocycles. The molecule has 2 unspecified atom stereocenters. The molecule has 0 saturated heterocycles. The van der Waals surface area contributed by atoms with E-state index in [1.807, 2.05) is 23.0 Å². The van der Waals surface area contributed by atoms with Gasteiger partial charge in [-0.2, -0.15) is 4.80 Å². The van der Waals surface area contributed by atoms with Crippen LogP contribution in [0.25, 0.3) is 10.9 Å². The maximum absolute atomic E-state index is 13.3. The van der Waals surface area contributed by atoms with E-state index in [0.29, 0.717) is 11.8 Å². The number of hydrogen-bond donors (Lipinski definition) is 2. The van der Waals surface area contributed by atoms with Gasteiger partial charge in [0.1, 0.15) is 0 Å². The van der Waals surface area contributed by atoms with Gasteiger partial charge in [0.2, 0.25) is 0 Å². The van der Waals surface area contributed by atoms with Crippen LogP contribution in [0, 0.1) is 25.7 Å². The summed E-state index contributed by atoms with van der Waals surface area (Å²) in [4.78, 5) is 18.5. The molecule has 29 heavy (non-hydrogen) atoms. The molecule has 4 aliphatic carbocycles. The van der Waals surface area contributed by atoms with E-state index in [2.05, 4.69) is 39.6 Å². The number of fused-ring (bicyclic) bond motifs is 1. The third-order valence-electron chi connectivity index (χ3n) is 7.75. The summed E-state index contributed by atoms with van der Waals surface area (Å²) in [6, 6.07) is 5.98. The van der Waals surface area contributed by atoms with Gasteiger partial charge in [-0.3, -0.25) is 4.79 Å². The fourth-order valence-electron chi connectivity index (χ4n) is 6.89. The van der Waals surface area contributed by atoms with Crippen LogP contribution in [0.15, 0.2) is 24.5 Å². The smallest absolute Gasteiger partial charge is 0.251 e. The molecule has 7 nitrogen and oxygen atoms in total. The van der Waals surface area contributed by atoms with Gasteiger partial charge in [0.15, 0.2) is 6.33 Å². The van der Waals surface area contributed by atoms with Crippen molar-refractivity contribution in [3.05, 3.63) is 41.3 Å². The van der Waals surface area contributed by atoms with Crippen molar-refractivity contribution in [1.82, 2.24) is 30.5 Å². The number of carbonyl (C=O) groups excluding carboxylic acids is 1. The first-order valence-corrected chi connectivity index (χ1v) is 10.6. The Hall–Kier alpha value is -2.70. The molecule has 2 aromatic heterocycles. The van der Waals surface area contributed by atoms with Gasteiger partial charge in [-0.05, 0) is 93.2 Å². The minimum absolute atomic E-state index is 0.0359. The Labute approximate surface area is 169 Å². The highest BCUT2D eigenvalue weighted by Gasteiger charge is 2.60. The quantitative estimate of drug-likeness (QED) is 0.718. The monoisotopic (exact) mass is 390 g/mol. The lowest BCUT2D eigenvalue weighted by molar-refractivity contribution is -0.0810. The Balaban J connectivity index is 1.33. The zero-order valence-electron chi connectivity index (χ0n) is 16.9. The van der Waals surface area contributed by atoms with E-state index >= 15 is 0 Å². The second-order valence-electron chi connectivity index (χ2n) is 9.78. The lowest BCUT2D eigenvalue weighted by atomic mass is 9.50. The Morgan fingerprint density at radius 2 is 2.00 bits per heavy atom. The van der Waals surface area contributed by atoms with Gasteiger partial charge in [-0.1, -0.05) is 0 Å². The summed E-state index contributed by atoms with van der Waals surface area (Å²) in [6.07, 6.45) is 8.03. The number of nitrogens with zero attached hydrogens (tertiary/aromatic N) is 4. The van der Waals surface area contributed by atoms with Crippen LogP contribution in [0.3, 0.4) is 0 Å². The lowest BCUT2D eigenvalue weighted by Gasteiger charge is -2.61. The average molecular weight is 390 g/mol. The molecule has 2 heterocycles. The van der Waals surface area contributed by atoms with Gasteiger partial charge in [-0.25, -0.2) is 0 Å². The molecule has 3 aromatic rings. The molecule has 0 radical (unpaired) electrons. The topological polar surface area (TPSA) is 88.5 Å². The van der Waals surface area contributed by atoms with Crippen molar-refractivity contribution in [2.75, 3.05) is 0 Å². The summed E-state index contributed by atoms with van der Waals surface area (Å²) in [7, 11) is 0. The second kappa shape index (κ2) is 5.68. The number of aromatic amines is 1. The Morgan fingerprint density at radius 1 is 1.21 bits per heavy atom. The summed E-state index contributed by atoms with van der Waals surface area (Å²) in [5.41, 5.74) is 3.94. The van der Waals surface area contributed by atoms with Crippen LogP contribution in [0.1, 0.15) is 60.1 Å². The van der Waals surface area contributed by atoms with Crippen LogP contribution < -0.4 is 5.32 Å². The Morgan fingerprint density at radius 3 is 2.72 bits per heavy atom. The second-order valence-corrected chi connectivity index (χ2v) is 9.78. The molecule has 4 fully saturated rings. The first kappa shape index (κ1) is 17.2. The third-order valence-corrected chi connectivity index (χ3v) is 7.75. The minimum atomic E-state index is -0.160. The maximum atomic E-state index is 13.3. The molecular weight excluding hydrogens is 364 g/mol. The largest absolute Gasteiger partial charge is 0.358 e. The SMILES string of the molecule is Cc1[nH]c2ccc(C(=O)NC34CC5CC(C3)CC(n3ncnn3)(C5)C4)cc2c1C. The zero-order chi connectivity index (χ0) is 19.8. The fraction of sp³-hybridized carbons (Fsp3) is 0.545. The Kier molecular flexibility index (Phi) is 3.36. The van der Waals surface area contributed by atoms with Crippen LogP contribution >= 0.6 is 0 Å². The normalized spacial score (nSPS) is 32.8. The van der Waals surface area contributed by atoms with Crippen LogP contribution in [-0.2, 0) is 5.54 Å². The van der Waals surface area contributed by atoms with Gasteiger partial charge in [0, 0.05) is 27.7 Å². The van der Waals surface area contributed by atoms with E-state index in [1.165, 1.54) is 18.3 Å². The van der Waals surface area contributed by atoms with E-state index < -0.39 is 0 Å². The molecule has 4 saturated carbocycles. The lowest BCUT2D eigenvalue weighted by Crippen LogP contribution is -2.66. The molecule has 4 aliphatic rings. The summed E-state index contributed by atoms with van der Waals surface area (Å²) in [6.45, 7) is 4.17. The molecule has 1 aromatic carbocycles. The van der Waals surface area contributed by atoms with E-state index in [0.717, 1.165) is 54.3 Å². The molecular formula is C22H26N6O. The number of amides is 1. The van der Waals surface area contributed by atoms with Crippen LogP contribution in [0.4, 0.5) is 0 Å². The van der Waals surface area contributed by atoms with E-state index in [9.17, 15) is 4.79 Å². The molecule has 1 amide bonds. The molecule has 7 rings (SSSR count). The number of carbonyl (C=O) groups is 1. The number of aryl methyl sites for hydroxylation is 2. The third kappa shape index (κ3) is 2.49. The number of nitrogens with one attached hydrogen (secondary N) is 2. The molecule has 150 valence electrons. The van der Waals surface area contributed by atoms with Crippen molar-refractivity contribution in [2.24, 2.45) is 11.8 Å². The van der Waals surface area contributed by atoms with Gasteiger partial charge >= 0.3 is 0 Å². The number of tetrazole rings is 1. The first-order valence-electron chi connectivity index (χ1n) is 10.6. The molecule has 2 atom stereocenters. The summed E-state index contributed by atoms with van der Waals surface area (Å²) < 4.78 is 0. The molecule has 7 heteroatoms. The van der Waals surface area contributed by atoms with Crippen molar-refractivity contribution < 1.29 is 4.79 Å². The maximum Gasteiger partial charge on any atom is 0.251 e. The predicted molar refractivity (Wildman–Crippen MR) is 108 cm³/mol. The first-order chi connectivity index (χ1) is 14.0. The number of aromatic nitrogens is 5. The van der Waals surface area contributed by atoms with E-state index in [1.54, 1.807) is 0 Å². The predicted octanol–water partition coefficient (Wildman–Crippen LogP) is 3.25. The van der Waals surface area contributed by atoms with Crippen molar-refractivity contribution in [3.8, 4) is 0 Å². The van der Waals surface area contributed by atoms with Gasteiger partial charge in [0.05, 0.1) is 5.54 Å². The number of hydrogen-bond acceptors (Lipinski definition) is 4. The summed E-state index contributed by atoms with van der Waals surface area (Å²) in [5.74, 6) is 1.29. The highest BCUT2D eigenvalue weighted by atomic mass is 16.1. The summed E-state index contributed by atoms with van der Waals surface area (Å²) >= 11 is 0. The Bertz CT molecular complexity index is 1100. The fourth-order valence-corrected chi connectivity index (χ4v) is 6.89. The highest BCUT2D eigenvalue weighted by Crippen LogP contribution is 2.60. The van der Waals surface area contributed by atoms with Gasteiger partial charge < -0.3 is 10.3 Å². The van der Waals surface area contributed by atoms with Crippen molar-refractivity contribution in [1.29, 1.82) is 0 Å². The van der Waals surface area contributed by atoms with E-state index in [4.69, 9.17) is 0 Å². The number of rotatable bonds is 3. The zero-order valence-corrected chi connectivity index (χ0v) is 16.9. The van der Waals surface area contributed by atoms with E-state index in [-0.39, 0.29) is 17.0 Å². The number of benzene rings is 1. The van der Waals surface area contributed by atoms with Gasteiger partial charge in [0.25, 0.3) is 5.91 Å². The highest BCUT2D eigenvalue weighted by molar-refractivity contribution is 5.99. The van der Waals surface area contributed by atoms with Crippen LogP contribution in [0.2, 0.25) is 0 Å².